The zero-order chi connectivity index (χ0) is 10.2. The zero-order valence-electron chi connectivity index (χ0n) is 7.91. The Morgan fingerprint density at radius 3 is 2.36 bits per heavy atom. The second kappa shape index (κ2) is 2.94. The van der Waals surface area contributed by atoms with Crippen molar-refractivity contribution < 1.29 is 9.59 Å². The van der Waals surface area contributed by atoms with Crippen molar-refractivity contribution in [3.63, 3.8) is 0 Å². The summed E-state index contributed by atoms with van der Waals surface area (Å²) in [6.45, 7) is 1.79. The van der Waals surface area contributed by atoms with Crippen LogP contribution in [0.4, 0.5) is 0 Å². The van der Waals surface area contributed by atoms with Crippen LogP contribution in [-0.4, -0.2) is 11.8 Å². The number of carbonyl (C=O) groups is 2. The first kappa shape index (κ1) is 8.94. The number of nitrogens with one attached hydrogen (secondary N) is 1. The van der Waals surface area contributed by atoms with Gasteiger partial charge in [-0.25, -0.2) is 0 Å². The summed E-state index contributed by atoms with van der Waals surface area (Å²) in [4.78, 5) is 22.7. The lowest BCUT2D eigenvalue weighted by molar-refractivity contribution is -0.126. The van der Waals surface area contributed by atoms with Crippen molar-refractivity contribution >= 4 is 11.8 Å². The Morgan fingerprint density at radius 2 is 1.86 bits per heavy atom. The highest BCUT2D eigenvalue weighted by molar-refractivity contribution is 6.08. The third-order valence-electron chi connectivity index (χ3n) is 2.68. The zero-order valence-corrected chi connectivity index (χ0v) is 7.91. The Labute approximate surface area is 82.1 Å². The molecule has 1 fully saturated rings. The molecule has 1 aliphatic heterocycles. The molecule has 1 heterocycles. The molecule has 1 saturated heterocycles. The highest BCUT2D eigenvalue weighted by atomic mass is 16.2. The molecule has 1 aromatic carbocycles. The summed E-state index contributed by atoms with van der Waals surface area (Å²) in [5.74, 6) is -0.393. The van der Waals surface area contributed by atoms with E-state index in [0.717, 1.165) is 5.56 Å². The van der Waals surface area contributed by atoms with Crippen LogP contribution in [0.25, 0.3) is 0 Å². The van der Waals surface area contributed by atoms with Crippen molar-refractivity contribution in [2.45, 2.75) is 18.8 Å². The van der Waals surface area contributed by atoms with E-state index in [4.69, 9.17) is 0 Å². The smallest absolute Gasteiger partial charge is 0.237 e. The molecular weight excluding hydrogens is 178 g/mol. The number of imide groups is 1. The van der Waals surface area contributed by atoms with Crippen molar-refractivity contribution in [2.75, 3.05) is 0 Å². The summed E-state index contributed by atoms with van der Waals surface area (Å²) in [6, 6.07) is 9.38. The van der Waals surface area contributed by atoms with Crippen LogP contribution in [0.1, 0.15) is 18.9 Å². The van der Waals surface area contributed by atoms with E-state index in [1.165, 1.54) is 0 Å². The van der Waals surface area contributed by atoms with Gasteiger partial charge in [-0.05, 0) is 12.5 Å². The SMILES string of the molecule is C[C@]1(c2ccccc2)CC(=O)NC1=O. The van der Waals surface area contributed by atoms with E-state index in [1.807, 2.05) is 30.3 Å². The number of amides is 2. The largest absolute Gasteiger partial charge is 0.296 e. The number of benzene rings is 1. The van der Waals surface area contributed by atoms with Crippen LogP contribution in [0, 0.1) is 0 Å². The topological polar surface area (TPSA) is 46.2 Å². The lowest BCUT2D eigenvalue weighted by atomic mass is 9.81. The Bertz CT molecular complexity index is 386. The lowest BCUT2D eigenvalue weighted by Gasteiger charge is -2.19. The van der Waals surface area contributed by atoms with Gasteiger partial charge in [0, 0.05) is 6.42 Å². The van der Waals surface area contributed by atoms with Crippen molar-refractivity contribution in [1.82, 2.24) is 5.32 Å². The summed E-state index contributed by atoms with van der Waals surface area (Å²) in [5.41, 5.74) is 0.210. The quantitative estimate of drug-likeness (QED) is 0.670. The molecule has 3 heteroatoms. The van der Waals surface area contributed by atoms with Gasteiger partial charge in [0.1, 0.15) is 0 Å². The summed E-state index contributed by atoms with van der Waals surface area (Å²) in [5, 5.41) is 2.33. The monoisotopic (exact) mass is 189 g/mol. The number of rotatable bonds is 1. The predicted molar refractivity (Wildman–Crippen MR) is 51.6 cm³/mol. The first-order valence-corrected chi connectivity index (χ1v) is 4.53. The number of carbonyl (C=O) groups excluding carboxylic acids is 2. The summed E-state index contributed by atoms with van der Waals surface area (Å²) in [6.07, 6.45) is 0.246. The molecule has 0 aromatic heterocycles. The van der Waals surface area contributed by atoms with Gasteiger partial charge in [0.2, 0.25) is 11.8 Å². The van der Waals surface area contributed by atoms with Gasteiger partial charge in [-0.3, -0.25) is 14.9 Å². The highest BCUT2D eigenvalue weighted by Crippen LogP contribution is 2.31. The van der Waals surface area contributed by atoms with Crippen LogP contribution >= 0.6 is 0 Å². The van der Waals surface area contributed by atoms with Gasteiger partial charge in [0.25, 0.3) is 0 Å². The van der Waals surface area contributed by atoms with E-state index in [2.05, 4.69) is 5.32 Å². The standard InChI is InChI=1S/C11H11NO2/c1-11(7-9(13)12-10(11)14)8-5-3-2-4-6-8/h2-6H,7H2,1H3,(H,12,13,14)/t11-/m1/s1. The molecule has 2 rings (SSSR count). The van der Waals surface area contributed by atoms with E-state index >= 15 is 0 Å². The number of hydrogen-bond donors (Lipinski definition) is 1. The van der Waals surface area contributed by atoms with Crippen LogP contribution in [0.2, 0.25) is 0 Å². The Hall–Kier alpha value is -1.64. The molecule has 0 unspecified atom stereocenters. The van der Waals surface area contributed by atoms with Gasteiger partial charge in [0.15, 0.2) is 0 Å². The van der Waals surface area contributed by atoms with Gasteiger partial charge in [0.05, 0.1) is 5.41 Å². The third-order valence-corrected chi connectivity index (χ3v) is 2.68. The molecule has 0 saturated carbocycles. The van der Waals surface area contributed by atoms with Crippen LogP contribution in [0.3, 0.4) is 0 Å². The Balaban J connectivity index is 2.43. The average molecular weight is 189 g/mol. The van der Waals surface area contributed by atoms with Gasteiger partial charge in [-0.15, -0.1) is 0 Å². The molecule has 1 aliphatic rings. The van der Waals surface area contributed by atoms with Crippen LogP contribution < -0.4 is 5.32 Å². The summed E-state index contributed by atoms with van der Waals surface area (Å²) in [7, 11) is 0. The van der Waals surface area contributed by atoms with E-state index in [0.29, 0.717) is 0 Å². The van der Waals surface area contributed by atoms with Crippen LogP contribution in [-0.2, 0) is 15.0 Å². The molecular formula is C11H11NO2. The molecule has 1 aromatic rings. The minimum Gasteiger partial charge on any atom is -0.296 e. The first-order chi connectivity index (χ1) is 6.63. The second-order valence-corrected chi connectivity index (χ2v) is 3.75. The highest BCUT2D eigenvalue weighted by Gasteiger charge is 2.43. The predicted octanol–water partition coefficient (Wildman–Crippen LogP) is 0.991. The molecule has 0 radical (unpaired) electrons. The fourth-order valence-electron chi connectivity index (χ4n) is 1.75. The Kier molecular flexibility index (Phi) is 1.88. The minimum atomic E-state index is -0.682. The molecule has 0 bridgehead atoms. The van der Waals surface area contributed by atoms with E-state index in [-0.39, 0.29) is 18.2 Å². The van der Waals surface area contributed by atoms with E-state index in [1.54, 1.807) is 6.92 Å². The molecule has 0 spiro atoms. The van der Waals surface area contributed by atoms with Crippen LogP contribution in [0.15, 0.2) is 30.3 Å². The fourth-order valence-corrected chi connectivity index (χ4v) is 1.75. The van der Waals surface area contributed by atoms with E-state index < -0.39 is 5.41 Å². The van der Waals surface area contributed by atoms with Crippen LogP contribution in [0.5, 0.6) is 0 Å². The molecule has 0 aliphatic carbocycles. The molecule has 3 nitrogen and oxygen atoms in total. The van der Waals surface area contributed by atoms with Crippen molar-refractivity contribution in [3.8, 4) is 0 Å². The molecule has 2 amide bonds. The number of hydrogen-bond acceptors (Lipinski definition) is 2. The second-order valence-electron chi connectivity index (χ2n) is 3.75. The third kappa shape index (κ3) is 1.21. The lowest BCUT2D eigenvalue weighted by Crippen LogP contribution is -2.32. The maximum atomic E-state index is 11.6. The molecule has 1 atom stereocenters. The molecule has 1 N–H and O–H groups in total. The molecule has 72 valence electrons. The average Bonchev–Trinajstić information content (AvgIpc) is 2.43. The van der Waals surface area contributed by atoms with Crippen molar-refractivity contribution in [1.29, 1.82) is 0 Å². The van der Waals surface area contributed by atoms with Gasteiger partial charge >= 0.3 is 0 Å². The Morgan fingerprint density at radius 1 is 1.21 bits per heavy atom. The normalized spacial score (nSPS) is 26.4. The van der Waals surface area contributed by atoms with Gasteiger partial charge < -0.3 is 0 Å². The van der Waals surface area contributed by atoms with E-state index in [9.17, 15) is 9.59 Å². The van der Waals surface area contributed by atoms with Gasteiger partial charge in [-0.2, -0.15) is 0 Å². The van der Waals surface area contributed by atoms with Gasteiger partial charge in [-0.1, -0.05) is 30.3 Å². The molecule has 14 heavy (non-hydrogen) atoms. The minimum absolute atomic E-state index is 0.193. The fraction of sp³-hybridized carbons (Fsp3) is 0.273. The van der Waals surface area contributed by atoms with Crippen molar-refractivity contribution in [3.05, 3.63) is 35.9 Å². The summed E-state index contributed by atoms with van der Waals surface area (Å²) < 4.78 is 0. The first-order valence-electron chi connectivity index (χ1n) is 4.53. The van der Waals surface area contributed by atoms with Crippen molar-refractivity contribution in [2.24, 2.45) is 0 Å². The summed E-state index contributed by atoms with van der Waals surface area (Å²) >= 11 is 0. The maximum Gasteiger partial charge on any atom is 0.237 e. The maximum absolute atomic E-state index is 11.6.